The molecule has 2 aliphatic rings. The summed E-state index contributed by atoms with van der Waals surface area (Å²) in [7, 11) is 0. The molecule has 2 aromatic rings. The number of thiophene rings is 1. The number of nitrogens with zero attached hydrogens (tertiary/aromatic N) is 4. The van der Waals surface area contributed by atoms with Crippen molar-refractivity contribution in [2.45, 2.75) is 32.9 Å². The van der Waals surface area contributed by atoms with Crippen LogP contribution in [0, 0.1) is 0 Å². The van der Waals surface area contributed by atoms with Gasteiger partial charge in [-0.1, -0.05) is 0 Å². The van der Waals surface area contributed by atoms with E-state index >= 15 is 0 Å². The predicted octanol–water partition coefficient (Wildman–Crippen LogP) is 2.51. The third kappa shape index (κ3) is 4.70. The Kier molecular flexibility index (Phi) is 6.74. The van der Waals surface area contributed by atoms with Crippen LogP contribution in [0.4, 0.5) is 0 Å². The van der Waals surface area contributed by atoms with Gasteiger partial charge >= 0.3 is 0 Å². The van der Waals surface area contributed by atoms with E-state index in [-0.39, 0.29) is 5.91 Å². The Hall–Kier alpha value is -2.32. The molecule has 7 nitrogen and oxygen atoms in total. The number of furan rings is 1. The van der Waals surface area contributed by atoms with Gasteiger partial charge in [0.15, 0.2) is 11.7 Å². The lowest BCUT2D eigenvalue weighted by atomic mass is 10.1. The van der Waals surface area contributed by atoms with Crippen LogP contribution in [0.5, 0.6) is 0 Å². The van der Waals surface area contributed by atoms with E-state index in [0.717, 1.165) is 51.6 Å². The maximum atomic E-state index is 12.5. The summed E-state index contributed by atoms with van der Waals surface area (Å²) in [6.07, 6.45) is 2.69. The second-order valence-corrected chi connectivity index (χ2v) is 8.89. The highest BCUT2D eigenvalue weighted by molar-refractivity contribution is 7.10. The normalized spacial score (nSPS) is 18.9. The Morgan fingerprint density at radius 3 is 2.77 bits per heavy atom. The Morgan fingerprint density at radius 1 is 1.23 bits per heavy atom. The molecule has 0 aliphatic carbocycles. The van der Waals surface area contributed by atoms with Crippen LogP contribution in [0.2, 0.25) is 0 Å². The largest absolute Gasteiger partial charge is 0.459 e. The molecule has 4 rings (SSSR count). The summed E-state index contributed by atoms with van der Waals surface area (Å²) in [5.41, 5.74) is 1.48. The molecule has 1 saturated heterocycles. The van der Waals surface area contributed by atoms with E-state index in [0.29, 0.717) is 24.9 Å². The van der Waals surface area contributed by atoms with Gasteiger partial charge in [-0.05, 0) is 49.4 Å². The SMILES string of the molecule is CCNC(=NCC(C)N1CCc2sccc2C1)N1CCN(C(=O)c2ccco2)CC1. The minimum absolute atomic E-state index is 0.0342. The number of hydrogen-bond donors (Lipinski definition) is 1. The summed E-state index contributed by atoms with van der Waals surface area (Å²) in [5.74, 6) is 1.32. The zero-order valence-electron chi connectivity index (χ0n) is 17.8. The van der Waals surface area contributed by atoms with E-state index < -0.39 is 0 Å². The number of aliphatic imine (C=N–C) groups is 1. The summed E-state index contributed by atoms with van der Waals surface area (Å²) in [5, 5.41) is 5.64. The number of amides is 1. The first-order chi connectivity index (χ1) is 14.7. The zero-order valence-corrected chi connectivity index (χ0v) is 18.7. The number of nitrogens with one attached hydrogen (secondary N) is 1. The molecule has 2 aromatic heterocycles. The minimum atomic E-state index is -0.0342. The maximum Gasteiger partial charge on any atom is 0.289 e. The van der Waals surface area contributed by atoms with Gasteiger partial charge in [0, 0.05) is 56.7 Å². The van der Waals surface area contributed by atoms with E-state index in [9.17, 15) is 4.79 Å². The Balaban J connectivity index is 1.32. The van der Waals surface area contributed by atoms with E-state index in [1.54, 1.807) is 18.4 Å². The molecule has 30 heavy (non-hydrogen) atoms. The molecule has 1 unspecified atom stereocenters. The monoisotopic (exact) mass is 429 g/mol. The second kappa shape index (κ2) is 9.66. The minimum Gasteiger partial charge on any atom is -0.459 e. The third-order valence-electron chi connectivity index (χ3n) is 5.90. The highest BCUT2D eigenvalue weighted by Gasteiger charge is 2.26. The molecular weight excluding hydrogens is 398 g/mol. The fraction of sp³-hybridized carbons (Fsp3) is 0.545. The van der Waals surface area contributed by atoms with Gasteiger partial charge in [0.2, 0.25) is 0 Å². The van der Waals surface area contributed by atoms with Crippen molar-refractivity contribution in [3.05, 3.63) is 46.0 Å². The van der Waals surface area contributed by atoms with Gasteiger partial charge in [-0.15, -0.1) is 11.3 Å². The number of guanidine groups is 1. The highest BCUT2D eigenvalue weighted by Crippen LogP contribution is 2.25. The molecule has 1 atom stereocenters. The van der Waals surface area contributed by atoms with Crippen molar-refractivity contribution >= 4 is 23.2 Å². The molecule has 0 saturated carbocycles. The molecule has 8 heteroatoms. The lowest BCUT2D eigenvalue weighted by Gasteiger charge is -2.36. The lowest BCUT2D eigenvalue weighted by Crippen LogP contribution is -2.54. The predicted molar refractivity (Wildman–Crippen MR) is 120 cm³/mol. The lowest BCUT2D eigenvalue weighted by molar-refractivity contribution is 0.0657. The fourth-order valence-electron chi connectivity index (χ4n) is 4.08. The number of piperazine rings is 1. The van der Waals surface area contributed by atoms with Gasteiger partial charge in [0.1, 0.15) is 0 Å². The zero-order chi connectivity index (χ0) is 20.9. The number of fused-ring (bicyclic) bond motifs is 1. The Bertz CT molecular complexity index is 855. The van der Waals surface area contributed by atoms with Crippen molar-refractivity contribution in [2.24, 2.45) is 4.99 Å². The third-order valence-corrected chi connectivity index (χ3v) is 6.92. The van der Waals surface area contributed by atoms with Crippen molar-refractivity contribution in [1.82, 2.24) is 20.0 Å². The second-order valence-electron chi connectivity index (χ2n) is 7.89. The molecule has 0 radical (unpaired) electrons. The van der Waals surface area contributed by atoms with Crippen molar-refractivity contribution < 1.29 is 9.21 Å². The first-order valence-electron chi connectivity index (χ1n) is 10.8. The van der Waals surface area contributed by atoms with Crippen LogP contribution in [0.1, 0.15) is 34.8 Å². The van der Waals surface area contributed by atoms with Crippen molar-refractivity contribution in [2.75, 3.05) is 45.8 Å². The van der Waals surface area contributed by atoms with Gasteiger partial charge in [-0.3, -0.25) is 14.7 Å². The molecule has 2 aliphatic heterocycles. The molecule has 162 valence electrons. The highest BCUT2D eigenvalue weighted by atomic mass is 32.1. The van der Waals surface area contributed by atoms with Crippen LogP contribution < -0.4 is 5.32 Å². The topological polar surface area (TPSA) is 64.3 Å². The van der Waals surface area contributed by atoms with Crippen LogP contribution in [-0.4, -0.2) is 78.4 Å². The summed E-state index contributed by atoms with van der Waals surface area (Å²) in [6, 6.07) is 6.13. The van der Waals surface area contributed by atoms with E-state index in [1.807, 2.05) is 16.2 Å². The van der Waals surface area contributed by atoms with Crippen LogP contribution in [-0.2, 0) is 13.0 Å². The van der Waals surface area contributed by atoms with Gasteiger partial charge < -0.3 is 19.5 Å². The molecule has 4 heterocycles. The number of carbonyl (C=O) groups is 1. The van der Waals surface area contributed by atoms with Gasteiger partial charge in [-0.2, -0.15) is 0 Å². The van der Waals surface area contributed by atoms with Gasteiger partial charge in [0.25, 0.3) is 5.91 Å². The molecule has 1 fully saturated rings. The Morgan fingerprint density at radius 2 is 2.03 bits per heavy atom. The van der Waals surface area contributed by atoms with Crippen molar-refractivity contribution in [3.63, 3.8) is 0 Å². The summed E-state index contributed by atoms with van der Waals surface area (Å²) in [4.78, 5) is 25.6. The van der Waals surface area contributed by atoms with Crippen molar-refractivity contribution in [1.29, 1.82) is 0 Å². The van der Waals surface area contributed by atoms with E-state index in [1.165, 1.54) is 10.4 Å². The molecule has 1 N–H and O–H groups in total. The summed E-state index contributed by atoms with van der Waals surface area (Å²) >= 11 is 1.88. The standard InChI is InChI=1S/C22H31N5O2S/c1-3-23-22(24-15-17(2)27-8-6-20-18(16-27)7-14-30-20)26-11-9-25(10-12-26)21(28)19-5-4-13-29-19/h4-5,7,13-14,17H,3,6,8-12,15-16H2,1-2H3,(H,23,24). The van der Waals surface area contributed by atoms with Crippen molar-refractivity contribution in [3.8, 4) is 0 Å². The maximum absolute atomic E-state index is 12.5. The van der Waals surface area contributed by atoms with Crippen LogP contribution in [0.25, 0.3) is 0 Å². The van der Waals surface area contributed by atoms with E-state index in [2.05, 4.69) is 40.4 Å². The quantitative estimate of drug-likeness (QED) is 0.585. The van der Waals surface area contributed by atoms with Crippen LogP contribution >= 0.6 is 11.3 Å². The molecule has 0 bridgehead atoms. The summed E-state index contributed by atoms with van der Waals surface area (Å²) in [6.45, 7) is 11.0. The molecule has 0 spiro atoms. The number of carbonyl (C=O) groups excluding carboxylic acids is 1. The van der Waals surface area contributed by atoms with Gasteiger partial charge in [-0.25, -0.2) is 0 Å². The average molecular weight is 430 g/mol. The smallest absolute Gasteiger partial charge is 0.289 e. The Labute approximate surface area is 182 Å². The molecular formula is C22H31N5O2S. The number of rotatable bonds is 5. The van der Waals surface area contributed by atoms with Crippen LogP contribution in [0.15, 0.2) is 39.3 Å². The van der Waals surface area contributed by atoms with Gasteiger partial charge in [0.05, 0.1) is 12.8 Å². The summed E-state index contributed by atoms with van der Waals surface area (Å²) < 4.78 is 5.26. The van der Waals surface area contributed by atoms with E-state index in [4.69, 9.17) is 9.41 Å². The molecule has 1 amide bonds. The first kappa shape index (κ1) is 20.9. The average Bonchev–Trinajstić information content (AvgIpc) is 3.47. The fourth-order valence-corrected chi connectivity index (χ4v) is 4.97. The van der Waals surface area contributed by atoms with Crippen LogP contribution in [0.3, 0.4) is 0 Å². The first-order valence-corrected chi connectivity index (χ1v) is 11.7. The molecule has 0 aromatic carbocycles. The number of hydrogen-bond acceptors (Lipinski definition) is 5.